The second-order valence-electron chi connectivity index (χ2n) is 8.28. The third kappa shape index (κ3) is 5.69. The molecule has 170 valence electrons. The Morgan fingerprint density at radius 2 is 1.80 bits per heavy atom. The maximum absolute atomic E-state index is 12.9. The minimum Gasteiger partial charge on any atom is -0.480 e. The molecule has 2 rings (SSSR count). The molecule has 2 aliphatic rings. The van der Waals surface area contributed by atoms with Gasteiger partial charge in [0, 0.05) is 6.54 Å². The van der Waals surface area contributed by atoms with Gasteiger partial charge in [-0.05, 0) is 45.1 Å². The van der Waals surface area contributed by atoms with Crippen LogP contribution >= 0.6 is 0 Å². The molecule has 0 aromatic rings. The molecule has 0 aromatic carbocycles. The average Bonchev–Trinajstić information content (AvgIpc) is 3.40. The van der Waals surface area contributed by atoms with E-state index in [0.717, 1.165) is 19.4 Å². The van der Waals surface area contributed by atoms with Crippen molar-refractivity contribution in [2.75, 3.05) is 13.1 Å². The molecule has 2 saturated heterocycles. The first-order chi connectivity index (χ1) is 14.2. The molecule has 0 saturated carbocycles. The third-order valence-corrected chi connectivity index (χ3v) is 6.04. The van der Waals surface area contributed by atoms with Crippen molar-refractivity contribution in [2.45, 2.75) is 83.1 Å². The quantitative estimate of drug-likeness (QED) is 0.324. The fourth-order valence-electron chi connectivity index (χ4n) is 3.98. The number of carboxylic acids is 1. The average molecular weight is 427 g/mol. The lowest BCUT2D eigenvalue weighted by Gasteiger charge is -2.30. The second kappa shape index (κ2) is 10.7. The lowest BCUT2D eigenvalue weighted by Crippen LogP contribution is -2.60. The molecular formula is C20H34N4O6. The van der Waals surface area contributed by atoms with Crippen molar-refractivity contribution < 1.29 is 29.4 Å². The molecule has 3 amide bonds. The Kier molecular flexibility index (Phi) is 8.60. The normalized spacial score (nSPS) is 25.3. The van der Waals surface area contributed by atoms with Crippen molar-refractivity contribution in [1.29, 1.82) is 0 Å². The molecule has 0 aromatic heterocycles. The van der Waals surface area contributed by atoms with Gasteiger partial charge in [0.1, 0.15) is 18.1 Å². The molecule has 0 aliphatic carbocycles. The summed E-state index contributed by atoms with van der Waals surface area (Å²) >= 11 is 0. The third-order valence-electron chi connectivity index (χ3n) is 6.04. The van der Waals surface area contributed by atoms with Crippen LogP contribution in [0.2, 0.25) is 0 Å². The number of carbonyl (C=O) groups is 4. The van der Waals surface area contributed by atoms with Crippen molar-refractivity contribution >= 4 is 23.7 Å². The van der Waals surface area contributed by atoms with Gasteiger partial charge < -0.3 is 31.1 Å². The van der Waals surface area contributed by atoms with E-state index in [1.54, 1.807) is 6.92 Å². The Morgan fingerprint density at radius 1 is 1.10 bits per heavy atom. The van der Waals surface area contributed by atoms with Gasteiger partial charge >= 0.3 is 5.97 Å². The van der Waals surface area contributed by atoms with E-state index in [2.05, 4.69) is 16.0 Å². The fourth-order valence-corrected chi connectivity index (χ4v) is 3.98. The molecule has 2 aliphatic heterocycles. The van der Waals surface area contributed by atoms with Crippen LogP contribution in [-0.4, -0.2) is 82.2 Å². The smallest absolute Gasteiger partial charge is 0.326 e. The van der Waals surface area contributed by atoms with Gasteiger partial charge in [-0.3, -0.25) is 14.4 Å². The number of rotatable bonds is 9. The molecule has 10 heteroatoms. The first kappa shape index (κ1) is 24.1. The molecule has 0 bridgehead atoms. The highest BCUT2D eigenvalue weighted by atomic mass is 16.4. The molecule has 0 radical (unpaired) electrons. The molecular weight excluding hydrogens is 392 g/mol. The number of hydrogen-bond acceptors (Lipinski definition) is 6. The molecule has 6 atom stereocenters. The number of hydrogen-bond donors (Lipinski definition) is 5. The number of aliphatic hydroxyl groups is 1. The molecule has 6 unspecified atom stereocenters. The summed E-state index contributed by atoms with van der Waals surface area (Å²) in [6.07, 6.45) is 2.10. The fraction of sp³-hybridized carbons (Fsp3) is 0.800. The van der Waals surface area contributed by atoms with E-state index in [1.165, 1.54) is 11.8 Å². The van der Waals surface area contributed by atoms with Crippen LogP contribution in [0, 0.1) is 5.92 Å². The number of aliphatic carboxylic acids is 1. The zero-order valence-corrected chi connectivity index (χ0v) is 17.9. The van der Waals surface area contributed by atoms with E-state index in [4.69, 9.17) is 0 Å². The number of carbonyl (C=O) groups excluding carboxylic acids is 3. The second-order valence-corrected chi connectivity index (χ2v) is 8.28. The number of aliphatic hydroxyl groups excluding tert-OH is 1. The van der Waals surface area contributed by atoms with Crippen LogP contribution in [0.1, 0.15) is 52.9 Å². The first-order valence-electron chi connectivity index (χ1n) is 10.7. The Bertz CT molecular complexity index is 649. The number of likely N-dealkylation sites (tertiary alicyclic amines) is 1. The predicted octanol–water partition coefficient (Wildman–Crippen LogP) is -0.789. The Balaban J connectivity index is 2.05. The molecule has 0 spiro atoms. The van der Waals surface area contributed by atoms with Crippen LogP contribution in [0.3, 0.4) is 0 Å². The van der Waals surface area contributed by atoms with E-state index in [9.17, 15) is 29.4 Å². The summed E-state index contributed by atoms with van der Waals surface area (Å²) in [5.41, 5.74) is 0. The number of nitrogens with one attached hydrogen (secondary N) is 3. The predicted molar refractivity (Wildman–Crippen MR) is 108 cm³/mol. The van der Waals surface area contributed by atoms with Crippen LogP contribution in [0.15, 0.2) is 0 Å². The van der Waals surface area contributed by atoms with Gasteiger partial charge in [0.2, 0.25) is 17.7 Å². The van der Waals surface area contributed by atoms with E-state index in [1.807, 2.05) is 6.92 Å². The van der Waals surface area contributed by atoms with Crippen molar-refractivity contribution in [1.82, 2.24) is 20.9 Å². The van der Waals surface area contributed by atoms with Gasteiger partial charge in [-0.25, -0.2) is 4.79 Å². The Labute approximate surface area is 176 Å². The highest BCUT2D eigenvalue weighted by Gasteiger charge is 2.40. The summed E-state index contributed by atoms with van der Waals surface area (Å²) in [5.74, 6) is -2.90. The maximum atomic E-state index is 12.9. The van der Waals surface area contributed by atoms with E-state index in [0.29, 0.717) is 25.8 Å². The Hall–Kier alpha value is -2.20. The summed E-state index contributed by atoms with van der Waals surface area (Å²) in [7, 11) is 0. The summed E-state index contributed by atoms with van der Waals surface area (Å²) in [4.78, 5) is 51.3. The minimum atomic E-state index is -1.31. The van der Waals surface area contributed by atoms with Gasteiger partial charge in [-0.15, -0.1) is 0 Å². The molecule has 5 N–H and O–H groups in total. The molecule has 2 heterocycles. The first-order valence-corrected chi connectivity index (χ1v) is 10.7. The SMILES string of the molecule is CCC(C)C(NC(=O)C(NC(=O)C1CCCN1C(=O)C1CCCN1)C(C)O)C(=O)O. The zero-order valence-electron chi connectivity index (χ0n) is 17.9. The Morgan fingerprint density at radius 3 is 2.33 bits per heavy atom. The van der Waals surface area contributed by atoms with E-state index in [-0.39, 0.29) is 17.9 Å². The molecule has 30 heavy (non-hydrogen) atoms. The number of nitrogens with zero attached hydrogens (tertiary/aromatic N) is 1. The van der Waals surface area contributed by atoms with Crippen LogP contribution in [-0.2, 0) is 19.2 Å². The lowest BCUT2D eigenvalue weighted by molar-refractivity contribution is -0.145. The number of carboxylic acid groups (broad SMARTS) is 1. The van der Waals surface area contributed by atoms with Gasteiger partial charge in [0.25, 0.3) is 0 Å². The van der Waals surface area contributed by atoms with Crippen LogP contribution in [0.5, 0.6) is 0 Å². The number of amides is 3. The lowest BCUT2D eigenvalue weighted by atomic mass is 9.98. The van der Waals surface area contributed by atoms with Crippen molar-refractivity contribution in [3.05, 3.63) is 0 Å². The highest BCUT2D eigenvalue weighted by molar-refractivity contribution is 5.94. The van der Waals surface area contributed by atoms with Gasteiger partial charge in [0.05, 0.1) is 12.1 Å². The van der Waals surface area contributed by atoms with Crippen LogP contribution < -0.4 is 16.0 Å². The van der Waals surface area contributed by atoms with Crippen molar-refractivity contribution in [2.24, 2.45) is 5.92 Å². The molecule has 2 fully saturated rings. The minimum absolute atomic E-state index is 0.120. The summed E-state index contributed by atoms with van der Waals surface area (Å²) in [6.45, 7) is 6.10. The standard InChI is InChI=1S/C20H34N4O6/c1-4-11(2)15(20(29)30)22-18(27)16(12(3)25)23-17(26)14-8-6-10-24(14)19(28)13-7-5-9-21-13/h11-16,21,25H,4-10H2,1-3H3,(H,22,27)(H,23,26)(H,29,30). The monoisotopic (exact) mass is 426 g/mol. The topological polar surface area (TPSA) is 148 Å². The molecule has 10 nitrogen and oxygen atoms in total. The van der Waals surface area contributed by atoms with Gasteiger partial charge in [-0.2, -0.15) is 0 Å². The summed E-state index contributed by atoms with van der Waals surface area (Å²) < 4.78 is 0. The largest absolute Gasteiger partial charge is 0.480 e. The van der Waals surface area contributed by atoms with E-state index < -0.39 is 42.0 Å². The van der Waals surface area contributed by atoms with Gasteiger partial charge in [0.15, 0.2) is 0 Å². The summed E-state index contributed by atoms with van der Waals surface area (Å²) in [6, 6.07) is -3.44. The van der Waals surface area contributed by atoms with Crippen molar-refractivity contribution in [3.63, 3.8) is 0 Å². The van der Waals surface area contributed by atoms with Crippen LogP contribution in [0.4, 0.5) is 0 Å². The van der Waals surface area contributed by atoms with E-state index >= 15 is 0 Å². The van der Waals surface area contributed by atoms with Gasteiger partial charge in [-0.1, -0.05) is 20.3 Å². The highest BCUT2D eigenvalue weighted by Crippen LogP contribution is 2.21. The zero-order chi connectivity index (χ0) is 22.4. The summed E-state index contributed by atoms with van der Waals surface area (Å²) in [5, 5.41) is 27.5. The van der Waals surface area contributed by atoms with Crippen LogP contribution in [0.25, 0.3) is 0 Å². The maximum Gasteiger partial charge on any atom is 0.326 e. The van der Waals surface area contributed by atoms with Crippen molar-refractivity contribution in [3.8, 4) is 0 Å².